The number of nitrogen functional groups attached to an aromatic ring is 1. The highest BCUT2D eigenvalue weighted by atomic mass is 16.2. The van der Waals surface area contributed by atoms with Crippen LogP contribution in [-0.2, 0) is 4.79 Å². The predicted octanol–water partition coefficient (Wildman–Crippen LogP) is 1.35. The Morgan fingerprint density at radius 1 is 1.21 bits per heavy atom. The fraction of sp³-hybridized carbons (Fsp3) is 0.316. The summed E-state index contributed by atoms with van der Waals surface area (Å²) in [6.45, 7) is 1.96. The lowest BCUT2D eigenvalue weighted by Gasteiger charge is -2.43. The normalized spacial score (nSPS) is 21.2. The van der Waals surface area contributed by atoms with Crippen molar-refractivity contribution in [3.05, 3.63) is 36.8 Å². The molecule has 10 heteroatoms. The zero-order chi connectivity index (χ0) is 20.2. The van der Waals surface area contributed by atoms with Gasteiger partial charge in [0.2, 0.25) is 11.9 Å². The molecule has 0 aliphatic heterocycles. The van der Waals surface area contributed by atoms with Crippen LogP contribution in [0.5, 0.6) is 0 Å². The Morgan fingerprint density at radius 2 is 2.00 bits per heavy atom. The minimum Gasteiger partial charge on any atom is -0.382 e. The van der Waals surface area contributed by atoms with Crippen LogP contribution in [0.4, 0.5) is 11.8 Å². The molecule has 1 fully saturated rings. The zero-order valence-electron chi connectivity index (χ0n) is 16.1. The Hall–Kier alpha value is -3.69. The standard InChI is InChI=1S/C19H21N9O/c1-19(17(29)21-2)9-11(10-19)23-18-25-16(20)15-12(4-7-28(15)26-18)13-5-8-27-14(24-13)3-6-22-27/h3-8,11H,9-10H2,1-2H3,(H,21,29)(H3,20,23,25,26). The van der Waals surface area contributed by atoms with Crippen LogP contribution in [0, 0.1) is 5.41 Å². The number of hydrogen-bond acceptors (Lipinski definition) is 7. The average Bonchev–Trinajstić information content (AvgIpc) is 3.32. The van der Waals surface area contributed by atoms with Crippen molar-refractivity contribution in [2.45, 2.75) is 25.8 Å². The zero-order valence-corrected chi connectivity index (χ0v) is 16.1. The molecule has 1 aliphatic rings. The lowest BCUT2D eigenvalue weighted by atomic mass is 9.66. The van der Waals surface area contributed by atoms with E-state index in [1.807, 2.05) is 37.5 Å². The summed E-state index contributed by atoms with van der Waals surface area (Å²) in [7, 11) is 1.66. The molecule has 5 rings (SSSR count). The third-order valence-corrected chi connectivity index (χ3v) is 5.57. The number of rotatable bonds is 4. The fourth-order valence-corrected chi connectivity index (χ4v) is 4.08. The summed E-state index contributed by atoms with van der Waals surface area (Å²) in [4.78, 5) is 21.0. The van der Waals surface area contributed by atoms with Crippen molar-refractivity contribution in [3.8, 4) is 11.3 Å². The summed E-state index contributed by atoms with van der Waals surface area (Å²) in [5.74, 6) is 0.871. The Bertz CT molecular complexity index is 1240. The highest BCUT2D eigenvalue weighted by Crippen LogP contribution is 2.42. The van der Waals surface area contributed by atoms with Crippen molar-refractivity contribution in [2.24, 2.45) is 5.41 Å². The van der Waals surface area contributed by atoms with Crippen LogP contribution in [0.1, 0.15) is 19.8 Å². The molecule has 0 saturated heterocycles. The molecule has 0 unspecified atom stereocenters. The lowest BCUT2D eigenvalue weighted by molar-refractivity contribution is -0.134. The van der Waals surface area contributed by atoms with Gasteiger partial charge < -0.3 is 16.4 Å². The van der Waals surface area contributed by atoms with Crippen molar-refractivity contribution in [1.29, 1.82) is 0 Å². The van der Waals surface area contributed by atoms with Gasteiger partial charge in [-0.05, 0) is 25.0 Å². The molecule has 29 heavy (non-hydrogen) atoms. The quantitative estimate of drug-likeness (QED) is 0.479. The van der Waals surface area contributed by atoms with Crippen molar-refractivity contribution in [1.82, 2.24) is 34.5 Å². The van der Waals surface area contributed by atoms with Gasteiger partial charge >= 0.3 is 0 Å². The molecule has 0 bridgehead atoms. The van der Waals surface area contributed by atoms with E-state index in [1.165, 1.54) is 0 Å². The number of amides is 1. The summed E-state index contributed by atoms with van der Waals surface area (Å²) in [6, 6.07) is 5.78. The third kappa shape index (κ3) is 2.75. The SMILES string of the molecule is CNC(=O)C1(C)CC(Nc2nc(N)c3c(-c4ccn5nccc5n4)ccn3n2)C1. The highest BCUT2D eigenvalue weighted by Gasteiger charge is 2.46. The third-order valence-electron chi connectivity index (χ3n) is 5.57. The van der Waals surface area contributed by atoms with E-state index in [1.54, 1.807) is 22.3 Å². The smallest absolute Gasteiger partial charge is 0.243 e. The van der Waals surface area contributed by atoms with Gasteiger partial charge in [0.15, 0.2) is 11.5 Å². The second-order valence-electron chi connectivity index (χ2n) is 7.68. The molecule has 0 radical (unpaired) electrons. The number of aromatic nitrogens is 6. The number of fused-ring (bicyclic) bond motifs is 2. The van der Waals surface area contributed by atoms with E-state index < -0.39 is 0 Å². The molecule has 1 amide bonds. The van der Waals surface area contributed by atoms with Crippen molar-refractivity contribution >= 4 is 28.8 Å². The minimum absolute atomic E-state index is 0.0594. The molecule has 148 valence electrons. The van der Waals surface area contributed by atoms with Crippen LogP contribution in [0.3, 0.4) is 0 Å². The lowest BCUT2D eigenvalue weighted by Crippen LogP contribution is -2.51. The monoisotopic (exact) mass is 391 g/mol. The molecule has 4 heterocycles. The summed E-state index contributed by atoms with van der Waals surface area (Å²) in [5.41, 5.74) is 9.01. The molecule has 0 aromatic carbocycles. The number of nitrogens with one attached hydrogen (secondary N) is 2. The number of nitrogens with two attached hydrogens (primary N) is 1. The summed E-state index contributed by atoms with van der Waals surface area (Å²) < 4.78 is 3.41. The van der Waals surface area contributed by atoms with E-state index >= 15 is 0 Å². The Balaban J connectivity index is 1.42. The number of nitrogens with zero attached hydrogens (tertiary/aromatic N) is 6. The molecular formula is C19H21N9O. The van der Waals surface area contributed by atoms with Gasteiger partial charge in [0.05, 0.1) is 17.3 Å². The van der Waals surface area contributed by atoms with Gasteiger partial charge in [-0.1, -0.05) is 6.92 Å². The van der Waals surface area contributed by atoms with Crippen LogP contribution in [0.2, 0.25) is 0 Å². The molecule has 4 N–H and O–H groups in total. The predicted molar refractivity (Wildman–Crippen MR) is 108 cm³/mol. The van der Waals surface area contributed by atoms with Crippen molar-refractivity contribution in [2.75, 3.05) is 18.1 Å². The van der Waals surface area contributed by atoms with Crippen LogP contribution in [0.15, 0.2) is 36.8 Å². The number of carbonyl (C=O) groups is 1. The minimum atomic E-state index is -0.347. The van der Waals surface area contributed by atoms with Crippen LogP contribution in [0.25, 0.3) is 22.4 Å². The van der Waals surface area contributed by atoms with Gasteiger partial charge in [0.25, 0.3) is 0 Å². The number of hydrogen-bond donors (Lipinski definition) is 3. The maximum Gasteiger partial charge on any atom is 0.243 e. The van der Waals surface area contributed by atoms with Crippen LogP contribution < -0.4 is 16.4 Å². The van der Waals surface area contributed by atoms with E-state index in [2.05, 4.69) is 30.8 Å². The average molecular weight is 391 g/mol. The second kappa shape index (κ2) is 6.16. The second-order valence-corrected chi connectivity index (χ2v) is 7.68. The van der Waals surface area contributed by atoms with E-state index in [-0.39, 0.29) is 17.4 Å². The Labute approximate surface area is 166 Å². The first kappa shape index (κ1) is 17.4. The van der Waals surface area contributed by atoms with Gasteiger partial charge in [0.1, 0.15) is 5.52 Å². The van der Waals surface area contributed by atoms with Gasteiger partial charge in [0, 0.05) is 37.1 Å². The van der Waals surface area contributed by atoms with Gasteiger partial charge in [-0.2, -0.15) is 10.1 Å². The topological polar surface area (TPSA) is 128 Å². The molecule has 0 atom stereocenters. The maximum absolute atomic E-state index is 11.9. The summed E-state index contributed by atoms with van der Waals surface area (Å²) in [5, 5.41) is 14.7. The first-order chi connectivity index (χ1) is 14.0. The molecular weight excluding hydrogens is 370 g/mol. The van der Waals surface area contributed by atoms with E-state index in [4.69, 9.17) is 5.73 Å². The molecule has 10 nitrogen and oxygen atoms in total. The molecule has 4 aromatic heterocycles. The molecule has 0 spiro atoms. The highest BCUT2D eigenvalue weighted by molar-refractivity contribution is 5.87. The summed E-state index contributed by atoms with van der Waals surface area (Å²) in [6.07, 6.45) is 6.84. The number of carbonyl (C=O) groups excluding carboxylic acids is 1. The van der Waals surface area contributed by atoms with E-state index in [0.717, 1.165) is 29.7 Å². The fourth-order valence-electron chi connectivity index (χ4n) is 4.08. The van der Waals surface area contributed by atoms with E-state index in [9.17, 15) is 4.79 Å². The van der Waals surface area contributed by atoms with Crippen LogP contribution in [-0.4, -0.2) is 48.2 Å². The van der Waals surface area contributed by atoms with Crippen molar-refractivity contribution in [3.63, 3.8) is 0 Å². The van der Waals surface area contributed by atoms with Gasteiger partial charge in [-0.25, -0.2) is 14.0 Å². The maximum atomic E-state index is 11.9. The van der Waals surface area contributed by atoms with Gasteiger partial charge in [-0.3, -0.25) is 4.79 Å². The van der Waals surface area contributed by atoms with Crippen molar-refractivity contribution < 1.29 is 4.79 Å². The molecule has 1 saturated carbocycles. The first-order valence-corrected chi connectivity index (χ1v) is 9.41. The van der Waals surface area contributed by atoms with Crippen LogP contribution >= 0.6 is 0 Å². The van der Waals surface area contributed by atoms with Gasteiger partial charge in [-0.15, -0.1) is 5.10 Å². The number of anilines is 2. The summed E-state index contributed by atoms with van der Waals surface area (Å²) >= 11 is 0. The largest absolute Gasteiger partial charge is 0.382 e. The Morgan fingerprint density at radius 3 is 2.79 bits per heavy atom. The molecule has 4 aromatic rings. The molecule has 1 aliphatic carbocycles. The van der Waals surface area contributed by atoms with E-state index in [0.29, 0.717) is 17.3 Å². The first-order valence-electron chi connectivity index (χ1n) is 9.41. The Kier molecular flexibility index (Phi) is 3.70.